The van der Waals surface area contributed by atoms with Gasteiger partial charge in [0, 0.05) is 21.2 Å². The number of carbonyl (C=O) groups is 1. The van der Waals surface area contributed by atoms with Crippen molar-refractivity contribution in [2.75, 3.05) is 7.11 Å². The van der Waals surface area contributed by atoms with Gasteiger partial charge in [-0.2, -0.15) is 5.10 Å². The quantitative estimate of drug-likeness (QED) is 0.301. The van der Waals surface area contributed by atoms with Gasteiger partial charge in [-0.25, -0.2) is 9.67 Å². The number of ether oxygens (including phenoxy) is 1. The first kappa shape index (κ1) is 18.5. The summed E-state index contributed by atoms with van der Waals surface area (Å²) in [4.78, 5) is 18.2. The normalized spacial score (nSPS) is 12.3. The van der Waals surface area contributed by atoms with Crippen LogP contribution >= 0.6 is 27.3 Å². The molecule has 0 fully saturated rings. The van der Waals surface area contributed by atoms with E-state index in [9.17, 15) is 4.79 Å². The van der Waals surface area contributed by atoms with Crippen molar-refractivity contribution in [3.05, 3.63) is 82.3 Å². The number of hydrogen-bond donors (Lipinski definition) is 0. The lowest BCUT2D eigenvalue weighted by Gasteiger charge is -2.03. The summed E-state index contributed by atoms with van der Waals surface area (Å²) in [6, 6.07) is 21.3. The minimum atomic E-state index is -0.00499. The molecule has 0 saturated carbocycles. The van der Waals surface area contributed by atoms with Crippen molar-refractivity contribution >= 4 is 43.3 Å². The molecule has 0 bridgehead atoms. The third-order valence-electron chi connectivity index (χ3n) is 5.40. The highest BCUT2D eigenvalue weighted by Crippen LogP contribution is 2.44. The van der Waals surface area contributed by atoms with E-state index in [-0.39, 0.29) is 5.78 Å². The van der Waals surface area contributed by atoms with Crippen LogP contribution in [-0.4, -0.2) is 27.7 Å². The van der Waals surface area contributed by atoms with Gasteiger partial charge in [-0.15, -0.1) is 0 Å². The average Bonchev–Trinajstić information content (AvgIpc) is 3.46. The van der Waals surface area contributed by atoms with Crippen LogP contribution in [0.4, 0.5) is 0 Å². The van der Waals surface area contributed by atoms with Gasteiger partial charge >= 0.3 is 0 Å². The van der Waals surface area contributed by atoms with E-state index in [4.69, 9.17) is 14.8 Å². The molecule has 2 aromatic heterocycles. The highest BCUT2D eigenvalue weighted by Gasteiger charge is 2.36. The number of rotatable bonds is 3. The molecule has 0 N–H and O–H groups in total. The van der Waals surface area contributed by atoms with Crippen LogP contribution in [0.2, 0.25) is 0 Å². The molecule has 150 valence electrons. The Labute approximate surface area is 190 Å². The van der Waals surface area contributed by atoms with E-state index >= 15 is 0 Å². The smallest absolute Gasteiger partial charge is 0.212 e. The fraction of sp³-hybridized carbons (Fsp3) is 0.0417. The summed E-state index contributed by atoms with van der Waals surface area (Å²) in [5, 5.41) is 5.61. The molecule has 0 unspecified atom stereocenters. The van der Waals surface area contributed by atoms with Crippen molar-refractivity contribution in [1.29, 1.82) is 0 Å². The van der Waals surface area contributed by atoms with Gasteiger partial charge < -0.3 is 4.74 Å². The first-order valence-corrected chi connectivity index (χ1v) is 11.2. The van der Waals surface area contributed by atoms with E-state index in [2.05, 4.69) is 15.9 Å². The zero-order valence-corrected chi connectivity index (χ0v) is 18.7. The number of benzene rings is 3. The Hall–Kier alpha value is -3.29. The number of ketones is 1. The second-order valence-corrected chi connectivity index (χ2v) is 9.12. The molecule has 0 aliphatic heterocycles. The third kappa shape index (κ3) is 2.77. The van der Waals surface area contributed by atoms with E-state index in [0.717, 1.165) is 37.3 Å². The van der Waals surface area contributed by atoms with Crippen LogP contribution in [0.15, 0.2) is 71.2 Å². The van der Waals surface area contributed by atoms with Crippen LogP contribution in [0, 0.1) is 0 Å². The van der Waals surface area contributed by atoms with Gasteiger partial charge in [-0.3, -0.25) is 4.79 Å². The van der Waals surface area contributed by atoms with Gasteiger partial charge in [-0.1, -0.05) is 63.7 Å². The minimum Gasteiger partial charge on any atom is -0.497 e. The third-order valence-corrected chi connectivity index (χ3v) is 6.89. The maximum absolute atomic E-state index is 13.4. The molecule has 0 saturated heterocycles. The number of hydrogen-bond acceptors (Lipinski definition) is 5. The summed E-state index contributed by atoms with van der Waals surface area (Å²) < 4.78 is 9.10. The number of thiazole rings is 1. The summed E-state index contributed by atoms with van der Waals surface area (Å²) in [7, 11) is 1.65. The highest BCUT2D eigenvalue weighted by atomic mass is 79.9. The lowest BCUT2D eigenvalue weighted by molar-refractivity contribution is 0.104. The van der Waals surface area contributed by atoms with Crippen LogP contribution in [0.3, 0.4) is 0 Å². The number of nitrogens with zero attached hydrogens (tertiary/aromatic N) is 3. The van der Waals surface area contributed by atoms with Crippen molar-refractivity contribution in [3.8, 4) is 33.4 Å². The molecule has 5 nitrogen and oxygen atoms in total. The summed E-state index contributed by atoms with van der Waals surface area (Å²) >= 11 is 5.05. The molecule has 0 amide bonds. The lowest BCUT2D eigenvalue weighted by Crippen LogP contribution is -2.00. The van der Waals surface area contributed by atoms with Crippen LogP contribution in [0.5, 0.6) is 5.75 Å². The molecular weight excluding hydrogens is 474 g/mol. The minimum absolute atomic E-state index is 0.00499. The Bertz CT molecular complexity index is 1520. The number of methoxy groups -OCH3 is 1. The highest BCUT2D eigenvalue weighted by molar-refractivity contribution is 9.10. The zero-order chi connectivity index (χ0) is 21.1. The first-order chi connectivity index (χ1) is 15.1. The molecule has 1 aliphatic rings. The molecule has 0 spiro atoms. The second kappa shape index (κ2) is 6.87. The number of fused-ring (bicyclic) bond motifs is 4. The standard InChI is InChI=1S/C24H14BrN3O2S/c1-30-15-9-10-18-19(12-15)31-24(26-18)28-22-16-7-2-3-8-17(16)23(29)20(22)21(27-28)13-5-4-6-14(25)11-13/h2-12H,1H3. The SMILES string of the molecule is COc1ccc2nc(-n3nc(-c4cccc(Br)c4)c4c3-c3ccccc3C4=O)sc2c1. The van der Waals surface area contributed by atoms with Gasteiger partial charge in [0.05, 0.1) is 28.6 Å². The predicted molar refractivity (Wildman–Crippen MR) is 125 cm³/mol. The molecule has 0 radical (unpaired) electrons. The molecule has 5 aromatic rings. The molecule has 2 heterocycles. The Balaban J connectivity index is 1.65. The van der Waals surface area contributed by atoms with Crippen molar-refractivity contribution in [3.63, 3.8) is 0 Å². The molecule has 31 heavy (non-hydrogen) atoms. The molecule has 7 heteroatoms. The van der Waals surface area contributed by atoms with Crippen molar-refractivity contribution < 1.29 is 9.53 Å². The van der Waals surface area contributed by atoms with Gasteiger partial charge in [-0.05, 0) is 30.3 Å². The summed E-state index contributed by atoms with van der Waals surface area (Å²) in [6.45, 7) is 0. The molecule has 3 aromatic carbocycles. The van der Waals surface area contributed by atoms with Crippen molar-refractivity contribution in [1.82, 2.24) is 14.8 Å². The van der Waals surface area contributed by atoms with Crippen molar-refractivity contribution in [2.45, 2.75) is 0 Å². The Morgan fingerprint density at radius 1 is 1.00 bits per heavy atom. The molecule has 1 aliphatic carbocycles. The lowest BCUT2D eigenvalue weighted by atomic mass is 10.0. The largest absolute Gasteiger partial charge is 0.497 e. The molecule has 0 atom stereocenters. The predicted octanol–water partition coefficient (Wildman–Crippen LogP) is 6.13. The Morgan fingerprint density at radius 2 is 1.84 bits per heavy atom. The second-order valence-electron chi connectivity index (χ2n) is 7.20. The summed E-state index contributed by atoms with van der Waals surface area (Å²) in [5.74, 6) is 0.776. The fourth-order valence-corrected chi connectivity index (χ4v) is 5.34. The zero-order valence-electron chi connectivity index (χ0n) is 16.3. The van der Waals surface area contributed by atoms with Gasteiger partial charge in [0.2, 0.25) is 5.13 Å². The van der Waals surface area contributed by atoms with Crippen LogP contribution in [-0.2, 0) is 0 Å². The van der Waals surface area contributed by atoms with Gasteiger partial charge in [0.1, 0.15) is 11.4 Å². The number of carbonyl (C=O) groups excluding carboxylic acids is 1. The summed E-state index contributed by atoms with van der Waals surface area (Å²) in [6.07, 6.45) is 0. The molecule has 6 rings (SSSR count). The van der Waals surface area contributed by atoms with Crippen LogP contribution in [0.25, 0.3) is 37.9 Å². The number of aromatic nitrogens is 3. The first-order valence-electron chi connectivity index (χ1n) is 9.62. The number of halogens is 1. The van der Waals surface area contributed by atoms with E-state index in [0.29, 0.717) is 22.0 Å². The van der Waals surface area contributed by atoms with E-state index < -0.39 is 0 Å². The fourth-order valence-electron chi connectivity index (χ4n) is 3.99. The summed E-state index contributed by atoms with van der Waals surface area (Å²) in [5.41, 5.74) is 5.41. The van der Waals surface area contributed by atoms with Gasteiger partial charge in [0.15, 0.2) is 5.78 Å². The van der Waals surface area contributed by atoms with E-state index in [1.807, 2.05) is 71.4 Å². The van der Waals surface area contributed by atoms with Crippen LogP contribution < -0.4 is 4.74 Å². The Morgan fingerprint density at radius 3 is 2.65 bits per heavy atom. The molecular formula is C24H14BrN3O2S. The van der Waals surface area contributed by atoms with Crippen LogP contribution in [0.1, 0.15) is 15.9 Å². The van der Waals surface area contributed by atoms with E-state index in [1.54, 1.807) is 7.11 Å². The van der Waals surface area contributed by atoms with E-state index in [1.165, 1.54) is 11.3 Å². The maximum Gasteiger partial charge on any atom is 0.212 e. The monoisotopic (exact) mass is 487 g/mol. The van der Waals surface area contributed by atoms with Gasteiger partial charge in [0.25, 0.3) is 0 Å². The van der Waals surface area contributed by atoms with Crippen molar-refractivity contribution in [2.24, 2.45) is 0 Å². The Kier molecular flexibility index (Phi) is 4.09. The maximum atomic E-state index is 13.4. The average molecular weight is 488 g/mol. The topological polar surface area (TPSA) is 57.0 Å².